The van der Waals surface area contributed by atoms with Crippen molar-refractivity contribution in [2.45, 2.75) is 25.7 Å². The fourth-order valence-electron chi connectivity index (χ4n) is 3.22. The molecule has 23 heavy (non-hydrogen) atoms. The Balaban J connectivity index is 0.00000192. The second-order valence-electron chi connectivity index (χ2n) is 5.90. The van der Waals surface area contributed by atoms with E-state index < -0.39 is 0 Å². The van der Waals surface area contributed by atoms with Gasteiger partial charge >= 0.3 is 0 Å². The van der Waals surface area contributed by atoms with Gasteiger partial charge in [0.05, 0.1) is 5.00 Å². The number of nitrogens with zero attached hydrogens (tertiary/aromatic N) is 3. The highest BCUT2D eigenvalue weighted by Gasteiger charge is 2.20. The molecule has 1 fully saturated rings. The van der Waals surface area contributed by atoms with Crippen molar-refractivity contribution in [1.82, 2.24) is 10.2 Å². The zero-order valence-corrected chi connectivity index (χ0v) is 17.0. The Morgan fingerprint density at radius 3 is 2.74 bits per heavy atom. The van der Waals surface area contributed by atoms with Gasteiger partial charge in [-0.05, 0) is 43.2 Å². The van der Waals surface area contributed by atoms with Crippen LogP contribution in [0.15, 0.2) is 34.2 Å². The summed E-state index contributed by atoms with van der Waals surface area (Å²) < 4.78 is 0. The van der Waals surface area contributed by atoms with E-state index in [9.17, 15) is 0 Å². The highest BCUT2D eigenvalue weighted by Crippen LogP contribution is 2.22. The number of halogens is 1. The van der Waals surface area contributed by atoms with Crippen molar-refractivity contribution < 1.29 is 0 Å². The Morgan fingerprint density at radius 2 is 2.13 bits per heavy atom. The van der Waals surface area contributed by atoms with Gasteiger partial charge in [0.1, 0.15) is 0 Å². The van der Waals surface area contributed by atoms with Crippen LogP contribution < -0.4 is 10.2 Å². The van der Waals surface area contributed by atoms with Crippen LogP contribution in [0.1, 0.15) is 25.7 Å². The molecule has 0 aromatic carbocycles. The normalized spacial score (nSPS) is 18.7. The van der Waals surface area contributed by atoms with Crippen molar-refractivity contribution in [2.24, 2.45) is 4.99 Å². The summed E-state index contributed by atoms with van der Waals surface area (Å²) in [5.41, 5.74) is 1.62. The standard InChI is InChI=1S/C17H26N4S.HI/c1-18-17(19-9-8-15-5-2-3-6-15)21-12-10-20(11-13-21)16-7-4-14-22-16;/h4-5,7,14H,2-3,6,8-13H2,1H3,(H,18,19);1H. The topological polar surface area (TPSA) is 30.9 Å². The third-order valence-corrected chi connectivity index (χ3v) is 5.40. The van der Waals surface area contributed by atoms with E-state index in [1.54, 1.807) is 5.57 Å². The Hall–Kier alpha value is -0.760. The van der Waals surface area contributed by atoms with Crippen LogP contribution in [0.4, 0.5) is 5.00 Å². The lowest BCUT2D eigenvalue weighted by molar-refractivity contribution is 0.373. The van der Waals surface area contributed by atoms with Crippen LogP contribution in [0.3, 0.4) is 0 Å². The minimum atomic E-state index is 0. The Kier molecular flexibility index (Phi) is 7.69. The summed E-state index contributed by atoms with van der Waals surface area (Å²) in [5, 5.41) is 7.07. The van der Waals surface area contributed by atoms with Crippen molar-refractivity contribution in [3.63, 3.8) is 0 Å². The van der Waals surface area contributed by atoms with E-state index in [4.69, 9.17) is 0 Å². The van der Waals surface area contributed by atoms with Crippen LogP contribution in [0, 0.1) is 0 Å². The molecular formula is C17H27IN4S. The van der Waals surface area contributed by atoms with Crippen LogP contribution in [0.5, 0.6) is 0 Å². The van der Waals surface area contributed by atoms with Gasteiger partial charge < -0.3 is 15.1 Å². The molecular weight excluding hydrogens is 419 g/mol. The molecule has 1 saturated heterocycles. The molecule has 2 heterocycles. The number of allylic oxidation sites excluding steroid dienone is 1. The second kappa shape index (κ2) is 9.52. The molecule has 0 spiro atoms. The summed E-state index contributed by atoms with van der Waals surface area (Å²) in [4.78, 5) is 9.31. The third-order valence-electron chi connectivity index (χ3n) is 4.47. The molecule has 1 aliphatic heterocycles. The fourth-order valence-corrected chi connectivity index (χ4v) is 4.01. The zero-order valence-electron chi connectivity index (χ0n) is 13.8. The molecule has 0 bridgehead atoms. The third kappa shape index (κ3) is 5.11. The number of piperazine rings is 1. The van der Waals surface area contributed by atoms with Gasteiger partial charge in [-0.15, -0.1) is 35.3 Å². The molecule has 6 heteroatoms. The van der Waals surface area contributed by atoms with Crippen molar-refractivity contribution in [3.8, 4) is 0 Å². The number of thiophene rings is 1. The average molecular weight is 446 g/mol. The molecule has 1 aromatic heterocycles. The van der Waals surface area contributed by atoms with E-state index in [0.717, 1.165) is 45.1 Å². The van der Waals surface area contributed by atoms with Gasteiger partial charge in [0.2, 0.25) is 0 Å². The summed E-state index contributed by atoms with van der Waals surface area (Å²) in [6, 6.07) is 4.34. The van der Waals surface area contributed by atoms with E-state index in [1.165, 1.54) is 24.3 Å². The van der Waals surface area contributed by atoms with Gasteiger partial charge in [-0.1, -0.05) is 11.6 Å². The van der Waals surface area contributed by atoms with Crippen LogP contribution >= 0.6 is 35.3 Å². The van der Waals surface area contributed by atoms with Gasteiger partial charge in [-0.25, -0.2) is 0 Å². The molecule has 3 rings (SSSR count). The predicted octanol–water partition coefficient (Wildman–Crippen LogP) is 3.56. The number of aliphatic imine (C=N–C) groups is 1. The predicted molar refractivity (Wildman–Crippen MR) is 111 cm³/mol. The van der Waals surface area contributed by atoms with Crippen molar-refractivity contribution >= 4 is 46.3 Å². The Morgan fingerprint density at radius 1 is 1.30 bits per heavy atom. The van der Waals surface area contributed by atoms with E-state index in [-0.39, 0.29) is 24.0 Å². The number of guanidine groups is 1. The van der Waals surface area contributed by atoms with Gasteiger partial charge in [-0.3, -0.25) is 4.99 Å². The first-order chi connectivity index (χ1) is 10.9. The number of hydrogen-bond donors (Lipinski definition) is 1. The van der Waals surface area contributed by atoms with Crippen LogP contribution in [0.2, 0.25) is 0 Å². The highest BCUT2D eigenvalue weighted by molar-refractivity contribution is 14.0. The molecule has 0 unspecified atom stereocenters. The number of rotatable bonds is 4. The van der Waals surface area contributed by atoms with Crippen molar-refractivity contribution in [1.29, 1.82) is 0 Å². The maximum atomic E-state index is 4.46. The lowest BCUT2D eigenvalue weighted by Crippen LogP contribution is -2.52. The molecule has 0 atom stereocenters. The van der Waals surface area contributed by atoms with Gasteiger partial charge in [0, 0.05) is 39.8 Å². The van der Waals surface area contributed by atoms with Crippen LogP contribution in [-0.2, 0) is 0 Å². The van der Waals surface area contributed by atoms with Crippen molar-refractivity contribution in [2.75, 3.05) is 44.7 Å². The van der Waals surface area contributed by atoms with E-state index in [1.807, 2.05) is 18.4 Å². The number of hydrogen-bond acceptors (Lipinski definition) is 3. The first kappa shape index (κ1) is 18.6. The maximum Gasteiger partial charge on any atom is 0.193 e. The second-order valence-corrected chi connectivity index (χ2v) is 6.83. The Bertz CT molecular complexity index is 519. The van der Waals surface area contributed by atoms with Crippen LogP contribution in [0.25, 0.3) is 0 Å². The minimum Gasteiger partial charge on any atom is -0.360 e. The fraction of sp³-hybridized carbons (Fsp3) is 0.588. The summed E-state index contributed by atoms with van der Waals surface area (Å²) in [6.07, 6.45) is 7.47. The van der Waals surface area contributed by atoms with E-state index in [2.05, 4.69) is 43.7 Å². The molecule has 1 aliphatic carbocycles. The van der Waals surface area contributed by atoms with Gasteiger partial charge in [0.25, 0.3) is 0 Å². The van der Waals surface area contributed by atoms with Gasteiger partial charge in [-0.2, -0.15) is 0 Å². The van der Waals surface area contributed by atoms with E-state index >= 15 is 0 Å². The largest absolute Gasteiger partial charge is 0.360 e. The highest BCUT2D eigenvalue weighted by atomic mass is 127. The monoisotopic (exact) mass is 446 g/mol. The molecule has 2 aliphatic rings. The zero-order chi connectivity index (χ0) is 15.2. The minimum absolute atomic E-state index is 0. The number of nitrogens with one attached hydrogen (secondary N) is 1. The van der Waals surface area contributed by atoms with Crippen molar-refractivity contribution in [3.05, 3.63) is 29.2 Å². The lowest BCUT2D eigenvalue weighted by atomic mass is 10.2. The first-order valence-electron chi connectivity index (χ1n) is 8.29. The SMILES string of the molecule is CN=C(NCCC1=CCCC1)N1CCN(c2cccs2)CC1.I. The summed E-state index contributed by atoms with van der Waals surface area (Å²) >= 11 is 1.83. The van der Waals surface area contributed by atoms with Crippen LogP contribution in [-0.4, -0.2) is 50.6 Å². The average Bonchev–Trinajstić information content (AvgIpc) is 3.25. The molecule has 0 amide bonds. The molecule has 128 valence electrons. The molecule has 1 aromatic rings. The summed E-state index contributed by atoms with van der Waals surface area (Å²) in [6.45, 7) is 5.24. The molecule has 0 radical (unpaired) electrons. The summed E-state index contributed by atoms with van der Waals surface area (Å²) in [7, 11) is 1.89. The lowest BCUT2D eigenvalue weighted by Gasteiger charge is -2.37. The maximum absolute atomic E-state index is 4.46. The molecule has 1 N–H and O–H groups in total. The van der Waals surface area contributed by atoms with E-state index in [0.29, 0.717) is 0 Å². The quantitative estimate of drug-likeness (QED) is 0.332. The first-order valence-corrected chi connectivity index (χ1v) is 9.17. The van der Waals surface area contributed by atoms with Gasteiger partial charge in [0.15, 0.2) is 5.96 Å². The Labute approximate surface area is 160 Å². The molecule has 4 nitrogen and oxygen atoms in total. The molecule has 0 saturated carbocycles. The number of anilines is 1. The smallest absolute Gasteiger partial charge is 0.193 e. The summed E-state index contributed by atoms with van der Waals surface area (Å²) in [5.74, 6) is 1.06.